The summed E-state index contributed by atoms with van der Waals surface area (Å²) in [5.41, 5.74) is 0.586. The molecule has 2 aliphatic rings. The van der Waals surface area contributed by atoms with E-state index in [9.17, 15) is 5.11 Å². The van der Waals surface area contributed by atoms with Gasteiger partial charge in [0, 0.05) is 31.9 Å². The van der Waals surface area contributed by atoms with E-state index < -0.39 is 6.10 Å². The van der Waals surface area contributed by atoms with Crippen molar-refractivity contribution in [1.29, 1.82) is 0 Å². The molecule has 1 saturated carbocycles. The largest absolute Gasteiger partial charge is 0.497 e. The minimum Gasteiger partial charge on any atom is -0.497 e. The molecule has 0 saturated heterocycles. The molecule has 1 aliphatic carbocycles. The molecule has 1 aliphatic heterocycles. The second kappa shape index (κ2) is 4.14. The van der Waals surface area contributed by atoms with Gasteiger partial charge in [-0.15, -0.1) is 0 Å². The second-order valence-electron chi connectivity index (χ2n) is 5.17. The Morgan fingerprint density at radius 3 is 2.72 bits per heavy atom. The first-order valence-corrected chi connectivity index (χ1v) is 6.23. The Labute approximate surface area is 106 Å². The van der Waals surface area contributed by atoms with E-state index in [2.05, 4.69) is 0 Å². The summed E-state index contributed by atoms with van der Waals surface area (Å²) < 4.78 is 16.5. The Hall–Kier alpha value is -1.26. The Morgan fingerprint density at radius 1 is 1.28 bits per heavy atom. The molecule has 1 heterocycles. The van der Waals surface area contributed by atoms with Crippen LogP contribution >= 0.6 is 0 Å². The number of benzene rings is 1. The molecule has 1 fully saturated rings. The number of aliphatic hydroxyl groups excluding tert-OH is 1. The summed E-state index contributed by atoms with van der Waals surface area (Å²) >= 11 is 0. The Kier molecular flexibility index (Phi) is 2.72. The molecule has 4 nitrogen and oxygen atoms in total. The van der Waals surface area contributed by atoms with Gasteiger partial charge in [0.05, 0.1) is 19.3 Å². The third kappa shape index (κ3) is 1.76. The second-order valence-corrected chi connectivity index (χ2v) is 5.17. The highest BCUT2D eigenvalue weighted by Gasteiger charge is 2.50. The van der Waals surface area contributed by atoms with Gasteiger partial charge in [0.2, 0.25) is 0 Å². The molecule has 1 unspecified atom stereocenters. The van der Waals surface area contributed by atoms with E-state index in [-0.39, 0.29) is 11.7 Å². The van der Waals surface area contributed by atoms with Crippen molar-refractivity contribution in [3.63, 3.8) is 0 Å². The Bertz CT molecular complexity index is 451. The molecule has 98 valence electrons. The lowest BCUT2D eigenvalue weighted by molar-refractivity contribution is -0.139. The Balaban J connectivity index is 1.85. The van der Waals surface area contributed by atoms with Crippen LogP contribution in [-0.2, 0) is 4.74 Å². The minimum atomic E-state index is -0.485. The Morgan fingerprint density at radius 2 is 2.06 bits per heavy atom. The fourth-order valence-electron chi connectivity index (χ4n) is 2.93. The average molecular weight is 250 g/mol. The number of rotatable bonds is 2. The quantitative estimate of drug-likeness (QED) is 0.872. The van der Waals surface area contributed by atoms with Crippen molar-refractivity contribution in [2.24, 2.45) is 0 Å². The van der Waals surface area contributed by atoms with Crippen LogP contribution in [0.25, 0.3) is 0 Å². The molecular formula is C14H18O4. The molecule has 1 N–H and O–H groups in total. The van der Waals surface area contributed by atoms with E-state index in [0.29, 0.717) is 6.42 Å². The highest BCUT2D eigenvalue weighted by Crippen LogP contribution is 2.50. The van der Waals surface area contributed by atoms with Crippen LogP contribution in [-0.4, -0.2) is 31.0 Å². The summed E-state index contributed by atoms with van der Waals surface area (Å²) in [7, 11) is 3.34. The van der Waals surface area contributed by atoms with E-state index in [4.69, 9.17) is 14.2 Å². The van der Waals surface area contributed by atoms with Gasteiger partial charge >= 0.3 is 0 Å². The molecule has 0 aromatic heterocycles. The number of ether oxygens (including phenoxy) is 3. The zero-order valence-electron chi connectivity index (χ0n) is 10.7. The molecule has 1 spiro atoms. The summed E-state index contributed by atoms with van der Waals surface area (Å²) in [4.78, 5) is 0. The van der Waals surface area contributed by atoms with Gasteiger partial charge in [-0.05, 0) is 18.2 Å². The average Bonchev–Trinajstić information content (AvgIpc) is 2.35. The number of aliphatic hydroxyl groups is 1. The zero-order chi connectivity index (χ0) is 12.8. The van der Waals surface area contributed by atoms with Crippen molar-refractivity contribution in [1.82, 2.24) is 0 Å². The van der Waals surface area contributed by atoms with Crippen LogP contribution in [0.3, 0.4) is 0 Å². The van der Waals surface area contributed by atoms with Crippen molar-refractivity contribution in [2.45, 2.75) is 37.1 Å². The normalized spacial score (nSPS) is 33.5. The topological polar surface area (TPSA) is 47.9 Å². The number of methoxy groups -OCH3 is 2. The molecule has 4 heteroatoms. The minimum absolute atomic E-state index is 0.234. The lowest BCUT2D eigenvalue weighted by Gasteiger charge is -2.50. The van der Waals surface area contributed by atoms with E-state index in [1.807, 2.05) is 18.2 Å². The van der Waals surface area contributed by atoms with Crippen molar-refractivity contribution in [3.8, 4) is 11.5 Å². The monoisotopic (exact) mass is 250 g/mol. The first-order valence-electron chi connectivity index (χ1n) is 6.23. The predicted octanol–water partition coefficient (Wildman–Crippen LogP) is 2.06. The molecule has 1 atom stereocenters. The summed E-state index contributed by atoms with van der Waals surface area (Å²) in [6, 6.07) is 5.58. The van der Waals surface area contributed by atoms with Gasteiger partial charge in [0.1, 0.15) is 17.1 Å². The van der Waals surface area contributed by atoms with Gasteiger partial charge in [-0.2, -0.15) is 0 Å². The van der Waals surface area contributed by atoms with Gasteiger partial charge in [0.25, 0.3) is 0 Å². The maximum Gasteiger partial charge on any atom is 0.126 e. The van der Waals surface area contributed by atoms with Crippen LogP contribution in [0.5, 0.6) is 11.5 Å². The van der Waals surface area contributed by atoms with Crippen molar-refractivity contribution in [2.75, 3.05) is 14.2 Å². The summed E-state index contributed by atoms with van der Waals surface area (Å²) in [5.74, 6) is 1.51. The molecule has 0 bridgehead atoms. The van der Waals surface area contributed by atoms with E-state index in [1.54, 1.807) is 14.2 Å². The lowest BCUT2D eigenvalue weighted by atomic mass is 9.71. The van der Waals surface area contributed by atoms with Gasteiger partial charge in [-0.25, -0.2) is 0 Å². The molecule has 18 heavy (non-hydrogen) atoms. The third-order valence-electron chi connectivity index (χ3n) is 4.00. The van der Waals surface area contributed by atoms with Crippen LogP contribution in [0.2, 0.25) is 0 Å². The SMILES string of the molecule is COc1ccc2c(c1)C(O)CC1(CC(OC)C1)O2. The zero-order valence-corrected chi connectivity index (χ0v) is 10.7. The highest BCUT2D eigenvalue weighted by atomic mass is 16.5. The van der Waals surface area contributed by atoms with Crippen LogP contribution < -0.4 is 9.47 Å². The van der Waals surface area contributed by atoms with E-state index in [1.165, 1.54) is 0 Å². The molecule has 1 aromatic carbocycles. The smallest absolute Gasteiger partial charge is 0.126 e. The molecule has 3 rings (SSSR count). The maximum atomic E-state index is 10.3. The molecule has 0 radical (unpaired) electrons. The molecule has 0 amide bonds. The molecule has 1 aromatic rings. The first-order chi connectivity index (χ1) is 8.65. The summed E-state index contributed by atoms with van der Waals surface area (Å²) in [6.45, 7) is 0. The summed E-state index contributed by atoms with van der Waals surface area (Å²) in [6.07, 6.45) is 2.11. The molecular weight excluding hydrogens is 232 g/mol. The van der Waals surface area contributed by atoms with Crippen molar-refractivity contribution >= 4 is 0 Å². The third-order valence-corrected chi connectivity index (χ3v) is 4.00. The van der Waals surface area contributed by atoms with Gasteiger partial charge in [-0.1, -0.05) is 0 Å². The fourth-order valence-corrected chi connectivity index (χ4v) is 2.93. The maximum absolute atomic E-state index is 10.3. The number of hydrogen-bond donors (Lipinski definition) is 1. The van der Waals surface area contributed by atoms with Crippen molar-refractivity contribution in [3.05, 3.63) is 23.8 Å². The number of fused-ring (bicyclic) bond motifs is 1. The van der Waals surface area contributed by atoms with Gasteiger partial charge in [-0.3, -0.25) is 0 Å². The highest BCUT2D eigenvalue weighted by molar-refractivity contribution is 5.44. The summed E-state index contributed by atoms with van der Waals surface area (Å²) in [5, 5.41) is 10.3. The lowest BCUT2D eigenvalue weighted by Crippen LogP contribution is -2.54. The van der Waals surface area contributed by atoms with Crippen LogP contribution in [0.15, 0.2) is 18.2 Å². The van der Waals surface area contributed by atoms with Crippen LogP contribution in [0, 0.1) is 0 Å². The van der Waals surface area contributed by atoms with Crippen LogP contribution in [0.4, 0.5) is 0 Å². The number of hydrogen-bond acceptors (Lipinski definition) is 4. The predicted molar refractivity (Wildman–Crippen MR) is 66.0 cm³/mol. The van der Waals surface area contributed by atoms with Gasteiger partial charge in [0.15, 0.2) is 0 Å². The van der Waals surface area contributed by atoms with Crippen LogP contribution in [0.1, 0.15) is 30.9 Å². The first kappa shape index (κ1) is 11.8. The van der Waals surface area contributed by atoms with E-state index >= 15 is 0 Å². The van der Waals surface area contributed by atoms with E-state index in [0.717, 1.165) is 29.9 Å². The van der Waals surface area contributed by atoms with Gasteiger partial charge < -0.3 is 19.3 Å². The van der Waals surface area contributed by atoms with Crippen molar-refractivity contribution < 1.29 is 19.3 Å². The standard InChI is InChI=1S/C14H18O4/c1-16-9-3-4-13-11(5-9)12(15)8-14(18-13)6-10(7-14)17-2/h3-5,10,12,15H,6-8H2,1-2H3. The fraction of sp³-hybridized carbons (Fsp3) is 0.571.